The van der Waals surface area contributed by atoms with E-state index < -0.39 is 17.9 Å². The van der Waals surface area contributed by atoms with Crippen LogP contribution in [0.25, 0.3) is 17.1 Å². The number of carboxylic acids is 1. The number of aromatic nitrogens is 2. The number of aromatic amines is 1. The number of ketones is 1. The first-order chi connectivity index (χ1) is 12.5. The standard InChI is InChI=1S/C18H17N3O5/c22-11-3-6-21(7-4-11)17-14(18(24)25)15(23)13(26-17)8-10-9-20-16-12(10)2-1-5-19-16/h1-2,5,8-9,11,22H,3-4,6-7H2,(H,19,20)(H,24,25). The van der Waals surface area contributed by atoms with Gasteiger partial charge in [-0.15, -0.1) is 0 Å². The highest BCUT2D eigenvalue weighted by Gasteiger charge is 2.39. The number of piperidine rings is 1. The molecule has 1 saturated heterocycles. The summed E-state index contributed by atoms with van der Waals surface area (Å²) < 4.78 is 5.66. The Bertz CT molecular complexity index is 951. The number of ether oxygens (including phenoxy) is 1. The first-order valence-electron chi connectivity index (χ1n) is 8.31. The lowest BCUT2D eigenvalue weighted by Gasteiger charge is -2.31. The van der Waals surface area contributed by atoms with E-state index in [-0.39, 0.29) is 17.2 Å². The minimum atomic E-state index is -1.32. The number of aliphatic hydroxyl groups is 1. The first-order valence-corrected chi connectivity index (χ1v) is 8.31. The number of fused-ring (bicyclic) bond motifs is 1. The van der Waals surface area contributed by atoms with Crippen molar-refractivity contribution in [1.82, 2.24) is 14.9 Å². The molecule has 0 unspecified atom stereocenters. The smallest absolute Gasteiger partial charge is 0.345 e. The number of pyridine rings is 1. The molecule has 2 aliphatic heterocycles. The number of likely N-dealkylation sites (tertiary alicyclic amines) is 1. The summed E-state index contributed by atoms with van der Waals surface area (Å²) >= 11 is 0. The average molecular weight is 355 g/mol. The minimum absolute atomic E-state index is 0.0340. The lowest BCUT2D eigenvalue weighted by Crippen LogP contribution is -2.36. The van der Waals surface area contributed by atoms with Gasteiger partial charge in [-0.2, -0.15) is 0 Å². The summed E-state index contributed by atoms with van der Waals surface area (Å²) in [6.07, 6.45) is 5.46. The molecule has 2 aliphatic rings. The topological polar surface area (TPSA) is 116 Å². The van der Waals surface area contributed by atoms with E-state index in [2.05, 4.69) is 9.97 Å². The number of aliphatic hydroxyl groups excluding tert-OH is 1. The summed E-state index contributed by atoms with van der Waals surface area (Å²) in [5.74, 6) is -1.95. The van der Waals surface area contributed by atoms with E-state index in [1.807, 2.05) is 6.07 Å². The van der Waals surface area contributed by atoms with Crippen molar-refractivity contribution in [3.63, 3.8) is 0 Å². The van der Waals surface area contributed by atoms with Gasteiger partial charge in [-0.25, -0.2) is 9.78 Å². The van der Waals surface area contributed by atoms with Crippen molar-refractivity contribution in [3.05, 3.63) is 47.3 Å². The molecule has 0 aromatic carbocycles. The molecule has 4 rings (SSSR count). The van der Waals surface area contributed by atoms with Gasteiger partial charge in [0.15, 0.2) is 11.3 Å². The Morgan fingerprint density at radius 3 is 2.88 bits per heavy atom. The Kier molecular flexibility index (Phi) is 3.96. The van der Waals surface area contributed by atoms with Gasteiger partial charge in [0.25, 0.3) is 0 Å². The van der Waals surface area contributed by atoms with E-state index in [0.717, 1.165) is 5.39 Å². The van der Waals surface area contributed by atoms with Crippen LogP contribution in [0.1, 0.15) is 18.4 Å². The van der Waals surface area contributed by atoms with Gasteiger partial charge in [-0.1, -0.05) is 0 Å². The number of aliphatic carboxylic acids is 1. The van der Waals surface area contributed by atoms with Gasteiger partial charge in [0.2, 0.25) is 11.7 Å². The molecule has 0 aliphatic carbocycles. The summed E-state index contributed by atoms with van der Waals surface area (Å²) in [4.78, 5) is 33.1. The molecule has 26 heavy (non-hydrogen) atoms. The van der Waals surface area contributed by atoms with Gasteiger partial charge in [0.05, 0.1) is 6.10 Å². The predicted octanol–water partition coefficient (Wildman–Crippen LogP) is 1.26. The van der Waals surface area contributed by atoms with Crippen molar-refractivity contribution >= 4 is 28.9 Å². The Hall–Kier alpha value is -3.13. The third kappa shape index (κ3) is 2.74. The summed E-state index contributed by atoms with van der Waals surface area (Å²) in [5, 5.41) is 19.9. The number of allylic oxidation sites excluding steroid dienone is 1. The van der Waals surface area contributed by atoms with E-state index in [4.69, 9.17) is 4.74 Å². The second-order valence-electron chi connectivity index (χ2n) is 6.29. The van der Waals surface area contributed by atoms with Gasteiger partial charge < -0.3 is 24.8 Å². The molecule has 8 nitrogen and oxygen atoms in total. The van der Waals surface area contributed by atoms with Crippen molar-refractivity contribution in [3.8, 4) is 0 Å². The van der Waals surface area contributed by atoms with E-state index in [1.54, 1.807) is 23.4 Å². The second kappa shape index (κ2) is 6.30. The Morgan fingerprint density at radius 1 is 1.38 bits per heavy atom. The zero-order valence-corrected chi connectivity index (χ0v) is 13.8. The Morgan fingerprint density at radius 2 is 2.15 bits per heavy atom. The van der Waals surface area contributed by atoms with E-state index in [9.17, 15) is 19.8 Å². The van der Waals surface area contributed by atoms with Crippen LogP contribution >= 0.6 is 0 Å². The van der Waals surface area contributed by atoms with Gasteiger partial charge in [-0.05, 0) is 31.1 Å². The first kappa shape index (κ1) is 16.3. The molecule has 0 spiro atoms. The van der Waals surface area contributed by atoms with Crippen LogP contribution in [0.3, 0.4) is 0 Å². The third-order valence-electron chi connectivity index (χ3n) is 4.61. The number of Topliss-reactive ketones (excluding diaryl/α,β-unsaturated/α-hetero) is 1. The van der Waals surface area contributed by atoms with Crippen LogP contribution in [0.15, 0.2) is 41.7 Å². The highest BCUT2D eigenvalue weighted by molar-refractivity contribution is 6.26. The number of nitrogens with zero attached hydrogens (tertiary/aromatic N) is 2. The minimum Gasteiger partial charge on any atom is -0.477 e. The molecule has 4 heterocycles. The van der Waals surface area contributed by atoms with Crippen molar-refractivity contribution in [2.24, 2.45) is 0 Å². The van der Waals surface area contributed by atoms with Crippen molar-refractivity contribution < 1.29 is 24.5 Å². The highest BCUT2D eigenvalue weighted by atomic mass is 16.5. The molecule has 0 amide bonds. The summed E-state index contributed by atoms with van der Waals surface area (Å²) in [6.45, 7) is 0.871. The SMILES string of the molecule is O=C(O)C1=C(N2CCC(O)CC2)OC(=Cc2c[nH]c3ncccc23)C1=O. The maximum Gasteiger partial charge on any atom is 0.345 e. The maximum absolute atomic E-state index is 12.6. The normalized spacial score (nSPS) is 20.3. The fraction of sp³-hybridized carbons (Fsp3) is 0.278. The number of rotatable bonds is 3. The number of H-pyrrole nitrogens is 1. The molecule has 2 aromatic rings. The van der Waals surface area contributed by atoms with Gasteiger partial charge >= 0.3 is 5.97 Å². The van der Waals surface area contributed by atoms with Crippen molar-refractivity contribution in [2.45, 2.75) is 18.9 Å². The van der Waals surface area contributed by atoms with Crippen LogP contribution < -0.4 is 0 Å². The molecule has 0 atom stereocenters. The number of carboxylic acid groups (broad SMARTS) is 1. The molecule has 0 bridgehead atoms. The lowest BCUT2D eigenvalue weighted by molar-refractivity contribution is -0.134. The Labute approximate surface area is 148 Å². The quantitative estimate of drug-likeness (QED) is 0.560. The van der Waals surface area contributed by atoms with Crippen LogP contribution in [0.5, 0.6) is 0 Å². The molecule has 2 aromatic heterocycles. The number of carbonyl (C=O) groups excluding carboxylic acids is 1. The van der Waals surface area contributed by atoms with Gasteiger partial charge in [0.1, 0.15) is 5.65 Å². The van der Waals surface area contributed by atoms with Crippen molar-refractivity contribution in [2.75, 3.05) is 13.1 Å². The number of carbonyl (C=O) groups is 2. The summed E-state index contributed by atoms with van der Waals surface area (Å²) in [6, 6.07) is 3.63. The second-order valence-corrected chi connectivity index (χ2v) is 6.29. The number of nitrogens with one attached hydrogen (secondary N) is 1. The summed E-state index contributed by atoms with van der Waals surface area (Å²) in [5.41, 5.74) is 0.989. The Balaban J connectivity index is 1.68. The van der Waals surface area contributed by atoms with Crippen molar-refractivity contribution in [1.29, 1.82) is 0 Å². The summed E-state index contributed by atoms with van der Waals surface area (Å²) in [7, 11) is 0. The van der Waals surface area contributed by atoms with Crippen LogP contribution in [0.4, 0.5) is 0 Å². The van der Waals surface area contributed by atoms with Gasteiger partial charge in [-0.3, -0.25) is 4.79 Å². The molecule has 0 radical (unpaired) electrons. The van der Waals surface area contributed by atoms with E-state index in [0.29, 0.717) is 37.1 Å². The molecule has 1 fully saturated rings. The fourth-order valence-corrected chi connectivity index (χ4v) is 3.23. The molecule has 134 valence electrons. The average Bonchev–Trinajstić information content (AvgIpc) is 3.18. The zero-order chi connectivity index (χ0) is 18.3. The molecule has 3 N–H and O–H groups in total. The molecular weight excluding hydrogens is 338 g/mol. The molecule has 8 heteroatoms. The van der Waals surface area contributed by atoms with Crippen LogP contribution in [-0.2, 0) is 14.3 Å². The van der Waals surface area contributed by atoms with Crippen LogP contribution in [0, 0.1) is 0 Å². The van der Waals surface area contributed by atoms with E-state index in [1.165, 1.54) is 6.08 Å². The fourth-order valence-electron chi connectivity index (χ4n) is 3.23. The predicted molar refractivity (Wildman–Crippen MR) is 91.6 cm³/mol. The van der Waals surface area contributed by atoms with Crippen LogP contribution in [0.2, 0.25) is 0 Å². The molecular formula is C18H17N3O5. The maximum atomic E-state index is 12.6. The third-order valence-corrected chi connectivity index (χ3v) is 4.61. The van der Waals surface area contributed by atoms with E-state index >= 15 is 0 Å². The largest absolute Gasteiger partial charge is 0.477 e. The van der Waals surface area contributed by atoms with Crippen LogP contribution in [-0.4, -0.2) is 56.0 Å². The van der Waals surface area contributed by atoms with Gasteiger partial charge in [0, 0.05) is 36.4 Å². The molecule has 0 saturated carbocycles. The monoisotopic (exact) mass is 355 g/mol. The lowest BCUT2D eigenvalue weighted by atomic mass is 10.1. The number of hydrogen-bond donors (Lipinski definition) is 3. The zero-order valence-electron chi connectivity index (χ0n) is 13.8. The number of hydrogen-bond acceptors (Lipinski definition) is 6. The highest BCUT2D eigenvalue weighted by Crippen LogP contribution is 2.32.